The zero-order valence-electron chi connectivity index (χ0n) is 10.9. The summed E-state index contributed by atoms with van der Waals surface area (Å²) >= 11 is 1.51. The van der Waals surface area contributed by atoms with E-state index in [0.717, 1.165) is 25.8 Å². The van der Waals surface area contributed by atoms with Crippen LogP contribution < -0.4 is 11.1 Å². The summed E-state index contributed by atoms with van der Waals surface area (Å²) in [5, 5.41) is 12.2. The van der Waals surface area contributed by atoms with Crippen LogP contribution in [0.2, 0.25) is 0 Å². The standard InChI is InChI=1S/C12H19N3O3S/c1-2-3-4-5-14-7-6-19-11-8(13)10(16)15(11)9(7)12(17)18/h8,11,14H,2-6,13H2,1H3,(H,17,18)/t8?,11-/m0/s1. The maximum Gasteiger partial charge on any atom is 0.354 e. The highest BCUT2D eigenvalue weighted by molar-refractivity contribution is 8.00. The van der Waals surface area contributed by atoms with E-state index < -0.39 is 12.0 Å². The van der Waals surface area contributed by atoms with E-state index in [-0.39, 0.29) is 17.0 Å². The van der Waals surface area contributed by atoms with E-state index in [1.807, 2.05) is 0 Å². The number of thioether (sulfide) groups is 1. The molecule has 106 valence electrons. The van der Waals surface area contributed by atoms with Gasteiger partial charge in [-0.1, -0.05) is 19.8 Å². The van der Waals surface area contributed by atoms with Crippen LogP contribution in [0.4, 0.5) is 0 Å². The van der Waals surface area contributed by atoms with Gasteiger partial charge in [-0.3, -0.25) is 9.69 Å². The Bertz CT molecular complexity index is 424. The number of nitrogens with zero attached hydrogens (tertiary/aromatic N) is 1. The minimum absolute atomic E-state index is 0.0759. The van der Waals surface area contributed by atoms with Crippen molar-refractivity contribution in [2.75, 3.05) is 12.3 Å². The van der Waals surface area contributed by atoms with Crippen molar-refractivity contribution in [3.63, 3.8) is 0 Å². The molecule has 0 saturated carbocycles. The second-order valence-corrected chi connectivity index (χ2v) is 5.81. The Kier molecular flexibility index (Phi) is 4.36. The zero-order chi connectivity index (χ0) is 14.0. The SMILES string of the molecule is CCCCCNC1=C(C(=O)O)N2C(=O)C(N)[C@@H]2SC1. The maximum atomic E-state index is 11.7. The molecule has 4 N–H and O–H groups in total. The van der Waals surface area contributed by atoms with Crippen LogP contribution in [0.1, 0.15) is 26.2 Å². The van der Waals surface area contributed by atoms with Gasteiger partial charge in [0.25, 0.3) is 0 Å². The number of nitrogens with two attached hydrogens (primary N) is 1. The molecule has 0 aromatic carbocycles. The summed E-state index contributed by atoms with van der Waals surface area (Å²) in [7, 11) is 0. The number of fused-ring (bicyclic) bond motifs is 1. The van der Waals surface area contributed by atoms with E-state index in [1.54, 1.807) is 0 Å². The van der Waals surface area contributed by atoms with Gasteiger partial charge in [0.15, 0.2) is 5.70 Å². The van der Waals surface area contributed by atoms with E-state index in [0.29, 0.717) is 11.4 Å². The number of rotatable bonds is 6. The number of β-lactam (4-membered cyclic amide) rings is 1. The minimum Gasteiger partial charge on any atom is -0.477 e. The third-order valence-electron chi connectivity index (χ3n) is 3.33. The van der Waals surface area contributed by atoms with E-state index in [9.17, 15) is 14.7 Å². The van der Waals surface area contributed by atoms with E-state index in [1.165, 1.54) is 16.7 Å². The Morgan fingerprint density at radius 3 is 2.95 bits per heavy atom. The predicted molar refractivity (Wildman–Crippen MR) is 73.3 cm³/mol. The first-order valence-corrected chi connectivity index (χ1v) is 7.53. The van der Waals surface area contributed by atoms with Crippen LogP contribution in [-0.4, -0.2) is 45.6 Å². The Balaban J connectivity index is 2.09. The van der Waals surface area contributed by atoms with Gasteiger partial charge in [-0.05, 0) is 6.42 Å². The van der Waals surface area contributed by atoms with E-state index >= 15 is 0 Å². The summed E-state index contributed by atoms with van der Waals surface area (Å²) in [4.78, 5) is 24.4. The Hall–Kier alpha value is -1.21. The van der Waals surface area contributed by atoms with E-state index in [4.69, 9.17) is 5.73 Å². The number of amides is 1. The van der Waals surface area contributed by atoms with Crippen molar-refractivity contribution in [1.82, 2.24) is 10.2 Å². The van der Waals surface area contributed by atoms with Crippen LogP contribution in [0.25, 0.3) is 0 Å². The zero-order valence-corrected chi connectivity index (χ0v) is 11.7. The number of carboxylic acids is 1. The van der Waals surface area contributed by atoms with Crippen molar-refractivity contribution in [3.8, 4) is 0 Å². The first kappa shape index (κ1) is 14.2. The molecule has 0 radical (unpaired) electrons. The number of unbranched alkanes of at least 4 members (excludes halogenated alkanes) is 2. The van der Waals surface area contributed by atoms with Crippen molar-refractivity contribution in [2.24, 2.45) is 5.73 Å². The summed E-state index contributed by atoms with van der Waals surface area (Å²) in [6.45, 7) is 2.85. The van der Waals surface area contributed by atoms with Crippen LogP contribution >= 0.6 is 11.8 Å². The summed E-state index contributed by atoms with van der Waals surface area (Å²) in [6.07, 6.45) is 3.21. The highest BCUT2D eigenvalue weighted by atomic mass is 32.2. The topological polar surface area (TPSA) is 95.7 Å². The van der Waals surface area contributed by atoms with Crippen molar-refractivity contribution in [2.45, 2.75) is 37.6 Å². The maximum absolute atomic E-state index is 11.7. The number of hydrogen-bond acceptors (Lipinski definition) is 5. The number of hydrogen-bond donors (Lipinski definition) is 3. The van der Waals surface area contributed by atoms with Crippen LogP contribution in [0, 0.1) is 0 Å². The van der Waals surface area contributed by atoms with Crippen molar-refractivity contribution < 1.29 is 14.7 Å². The first-order valence-electron chi connectivity index (χ1n) is 6.48. The van der Waals surface area contributed by atoms with Crippen molar-refractivity contribution >= 4 is 23.6 Å². The molecule has 1 unspecified atom stereocenters. The molecule has 2 rings (SSSR count). The molecule has 2 aliphatic rings. The van der Waals surface area contributed by atoms with E-state index in [2.05, 4.69) is 12.2 Å². The molecule has 1 saturated heterocycles. The third kappa shape index (κ3) is 2.57. The van der Waals surface area contributed by atoms with Gasteiger partial charge in [-0.2, -0.15) is 0 Å². The molecular weight excluding hydrogens is 266 g/mol. The monoisotopic (exact) mass is 285 g/mol. The normalized spacial score (nSPS) is 26.0. The molecular formula is C12H19N3O3S. The third-order valence-corrected chi connectivity index (χ3v) is 4.63. The van der Waals surface area contributed by atoms with Crippen LogP contribution in [0.3, 0.4) is 0 Å². The summed E-state index contributed by atoms with van der Waals surface area (Å²) < 4.78 is 0. The molecule has 19 heavy (non-hydrogen) atoms. The van der Waals surface area contributed by atoms with Gasteiger partial charge in [0, 0.05) is 12.3 Å². The molecule has 2 heterocycles. The molecule has 0 spiro atoms. The number of carboxylic acid groups (broad SMARTS) is 1. The molecule has 1 fully saturated rings. The number of carbonyl (C=O) groups excluding carboxylic acids is 1. The quantitative estimate of drug-likeness (QED) is 0.480. The lowest BCUT2D eigenvalue weighted by Crippen LogP contribution is -2.68. The molecule has 1 amide bonds. The Morgan fingerprint density at radius 2 is 2.32 bits per heavy atom. The van der Waals surface area contributed by atoms with Gasteiger partial charge in [0.1, 0.15) is 11.4 Å². The van der Waals surface area contributed by atoms with Crippen LogP contribution in [0.15, 0.2) is 11.4 Å². The first-order chi connectivity index (χ1) is 9.07. The molecule has 2 aliphatic heterocycles. The average molecular weight is 285 g/mol. The fraction of sp³-hybridized carbons (Fsp3) is 0.667. The highest BCUT2D eigenvalue weighted by Gasteiger charge is 2.51. The summed E-state index contributed by atoms with van der Waals surface area (Å²) in [6, 6.07) is -0.569. The fourth-order valence-electron chi connectivity index (χ4n) is 2.27. The van der Waals surface area contributed by atoms with Gasteiger partial charge in [0.05, 0.1) is 5.70 Å². The lowest BCUT2D eigenvalue weighted by atomic mass is 10.1. The fourth-order valence-corrected chi connectivity index (χ4v) is 3.52. The van der Waals surface area contributed by atoms with Gasteiger partial charge in [-0.25, -0.2) is 4.79 Å². The smallest absolute Gasteiger partial charge is 0.354 e. The lowest BCUT2D eigenvalue weighted by molar-refractivity contribution is -0.148. The summed E-state index contributed by atoms with van der Waals surface area (Å²) in [5.41, 5.74) is 6.38. The second-order valence-electron chi connectivity index (χ2n) is 4.70. The van der Waals surface area contributed by atoms with Crippen molar-refractivity contribution in [1.29, 1.82) is 0 Å². The van der Waals surface area contributed by atoms with Gasteiger partial charge in [-0.15, -0.1) is 11.8 Å². The molecule has 2 atom stereocenters. The van der Waals surface area contributed by atoms with Crippen LogP contribution in [-0.2, 0) is 9.59 Å². The van der Waals surface area contributed by atoms with Gasteiger partial charge >= 0.3 is 5.97 Å². The average Bonchev–Trinajstić information content (AvgIpc) is 2.41. The number of aliphatic carboxylic acids is 1. The number of nitrogens with one attached hydrogen (secondary N) is 1. The Labute approximate surface area is 116 Å². The lowest BCUT2D eigenvalue weighted by Gasteiger charge is -2.47. The van der Waals surface area contributed by atoms with Gasteiger partial charge in [0.2, 0.25) is 5.91 Å². The molecule has 7 heteroatoms. The summed E-state index contributed by atoms with van der Waals surface area (Å²) in [5.74, 6) is -0.804. The molecule has 0 bridgehead atoms. The van der Waals surface area contributed by atoms with Gasteiger partial charge < -0.3 is 16.2 Å². The largest absolute Gasteiger partial charge is 0.477 e. The minimum atomic E-state index is -1.07. The Morgan fingerprint density at radius 1 is 1.58 bits per heavy atom. The number of carbonyl (C=O) groups is 2. The molecule has 0 aromatic heterocycles. The second kappa shape index (κ2) is 5.83. The van der Waals surface area contributed by atoms with Crippen LogP contribution in [0.5, 0.6) is 0 Å². The molecule has 0 aromatic rings. The van der Waals surface area contributed by atoms with Crippen molar-refractivity contribution in [3.05, 3.63) is 11.4 Å². The highest BCUT2D eigenvalue weighted by Crippen LogP contribution is 2.38. The molecule has 0 aliphatic carbocycles. The predicted octanol–water partition coefficient (Wildman–Crippen LogP) is 0.305. The molecule has 6 nitrogen and oxygen atoms in total.